The predicted octanol–water partition coefficient (Wildman–Crippen LogP) is 4.06. The topological polar surface area (TPSA) is 85.2 Å². The number of anilines is 1. The molecule has 2 aromatic heterocycles. The first-order valence-electron chi connectivity index (χ1n) is 10.1. The Hall–Kier alpha value is -3.18. The molecule has 7 nitrogen and oxygen atoms in total. The van der Waals surface area contributed by atoms with Crippen molar-refractivity contribution in [3.05, 3.63) is 72.8 Å². The predicted molar refractivity (Wildman–Crippen MR) is 122 cm³/mol. The van der Waals surface area contributed by atoms with E-state index in [0.717, 1.165) is 23.5 Å². The van der Waals surface area contributed by atoms with Gasteiger partial charge < -0.3 is 4.57 Å². The van der Waals surface area contributed by atoms with E-state index in [9.17, 15) is 22.0 Å². The van der Waals surface area contributed by atoms with Crippen LogP contribution in [0.2, 0.25) is 0 Å². The lowest BCUT2D eigenvalue weighted by Gasteiger charge is -2.20. The molecule has 2 aromatic carbocycles. The summed E-state index contributed by atoms with van der Waals surface area (Å²) in [7, 11) is -3.65. The number of carbonyl (C=O) groups is 1. The smallest absolute Gasteiger partial charge is 0.229 e. The summed E-state index contributed by atoms with van der Waals surface area (Å²) >= 11 is 0.985. The summed E-state index contributed by atoms with van der Waals surface area (Å²) < 4.78 is 55.1. The van der Waals surface area contributed by atoms with Gasteiger partial charge in [0, 0.05) is 38.0 Å². The van der Waals surface area contributed by atoms with E-state index >= 15 is 0 Å². The molecule has 172 valence electrons. The molecule has 0 unspecified atom stereocenters. The Kier molecular flexibility index (Phi) is 6.80. The standard InChI is InChI=1S/C22H20F2N4O3S2/c23-16-13-18(24)21-19(14-16)32-22(26-21)28(10-4-9-27-11-8-25-15-27)20(29)7-12-33(30,31)17-5-2-1-3-6-17/h1-3,5-6,8,11,13-15H,4,7,9-10,12H2. The first-order valence-corrected chi connectivity index (χ1v) is 12.6. The SMILES string of the molecule is O=C(CCS(=O)(=O)c1ccccc1)N(CCCn1ccnc1)c1nc2c(F)cc(F)cc2s1. The van der Waals surface area contributed by atoms with Gasteiger partial charge in [-0.15, -0.1) is 0 Å². The Morgan fingerprint density at radius 3 is 2.67 bits per heavy atom. The minimum absolute atomic E-state index is 0.0271. The van der Waals surface area contributed by atoms with Gasteiger partial charge in [-0.2, -0.15) is 0 Å². The Balaban J connectivity index is 1.55. The molecule has 33 heavy (non-hydrogen) atoms. The van der Waals surface area contributed by atoms with Crippen molar-refractivity contribution in [3.63, 3.8) is 0 Å². The number of nitrogens with zero attached hydrogens (tertiary/aromatic N) is 4. The molecule has 0 N–H and O–H groups in total. The Morgan fingerprint density at radius 2 is 1.94 bits per heavy atom. The number of imidazole rings is 1. The second kappa shape index (κ2) is 9.75. The zero-order chi connectivity index (χ0) is 23.4. The third kappa shape index (κ3) is 5.42. The number of aryl methyl sites for hydroxylation is 1. The van der Waals surface area contributed by atoms with Gasteiger partial charge in [0.2, 0.25) is 5.91 Å². The van der Waals surface area contributed by atoms with Crippen molar-refractivity contribution in [2.45, 2.75) is 24.3 Å². The number of sulfone groups is 1. The van der Waals surface area contributed by atoms with Crippen molar-refractivity contribution in [2.75, 3.05) is 17.2 Å². The van der Waals surface area contributed by atoms with Gasteiger partial charge in [-0.25, -0.2) is 27.2 Å². The van der Waals surface area contributed by atoms with Crippen LogP contribution in [0.3, 0.4) is 0 Å². The maximum absolute atomic E-state index is 14.2. The fourth-order valence-electron chi connectivity index (χ4n) is 3.32. The van der Waals surface area contributed by atoms with Gasteiger partial charge in [0.15, 0.2) is 20.8 Å². The number of hydrogen-bond donors (Lipinski definition) is 0. The minimum Gasteiger partial charge on any atom is -0.337 e. The molecule has 0 spiro atoms. The second-order valence-corrected chi connectivity index (χ2v) is 10.4. The summed E-state index contributed by atoms with van der Waals surface area (Å²) in [5, 5.41) is 0.197. The molecule has 0 aliphatic heterocycles. The lowest BCUT2D eigenvalue weighted by molar-refractivity contribution is -0.118. The molecule has 0 atom stereocenters. The average Bonchev–Trinajstić information content (AvgIpc) is 3.46. The van der Waals surface area contributed by atoms with Gasteiger partial charge >= 0.3 is 0 Å². The van der Waals surface area contributed by atoms with Gasteiger partial charge in [0.25, 0.3) is 0 Å². The van der Waals surface area contributed by atoms with Gasteiger partial charge in [0.1, 0.15) is 11.3 Å². The van der Waals surface area contributed by atoms with Crippen molar-refractivity contribution in [2.24, 2.45) is 0 Å². The third-order valence-electron chi connectivity index (χ3n) is 4.98. The molecule has 0 aliphatic rings. The van der Waals surface area contributed by atoms with Crippen molar-refractivity contribution in [1.29, 1.82) is 0 Å². The van der Waals surface area contributed by atoms with Gasteiger partial charge in [0.05, 0.1) is 21.7 Å². The number of hydrogen-bond acceptors (Lipinski definition) is 6. The van der Waals surface area contributed by atoms with E-state index in [4.69, 9.17) is 0 Å². The normalized spacial score (nSPS) is 11.7. The highest BCUT2D eigenvalue weighted by Gasteiger charge is 2.24. The fraction of sp³-hybridized carbons (Fsp3) is 0.227. The highest BCUT2D eigenvalue weighted by molar-refractivity contribution is 7.91. The number of amides is 1. The van der Waals surface area contributed by atoms with Crippen LogP contribution in [0.1, 0.15) is 12.8 Å². The molecule has 0 bridgehead atoms. The van der Waals surface area contributed by atoms with Crippen LogP contribution in [0.25, 0.3) is 10.2 Å². The lowest BCUT2D eigenvalue weighted by atomic mass is 10.3. The second-order valence-electron chi connectivity index (χ2n) is 7.31. The number of fused-ring (bicyclic) bond motifs is 1. The Bertz CT molecular complexity index is 1360. The average molecular weight is 491 g/mol. The number of rotatable bonds is 9. The maximum Gasteiger partial charge on any atom is 0.229 e. The maximum atomic E-state index is 14.2. The van der Waals surface area contributed by atoms with E-state index in [1.807, 2.05) is 4.57 Å². The van der Waals surface area contributed by atoms with Gasteiger partial charge in [-0.1, -0.05) is 29.5 Å². The van der Waals surface area contributed by atoms with Crippen LogP contribution in [0.5, 0.6) is 0 Å². The molecule has 11 heteroatoms. The molecule has 1 amide bonds. The van der Waals surface area contributed by atoms with E-state index < -0.39 is 27.4 Å². The van der Waals surface area contributed by atoms with E-state index in [2.05, 4.69) is 9.97 Å². The number of halogens is 2. The first-order chi connectivity index (χ1) is 15.8. The molecule has 0 fully saturated rings. The highest BCUT2D eigenvalue weighted by atomic mass is 32.2. The van der Waals surface area contributed by atoms with Crippen LogP contribution < -0.4 is 4.90 Å². The molecular formula is C22H20F2N4O3S2. The highest BCUT2D eigenvalue weighted by Crippen LogP contribution is 2.31. The van der Waals surface area contributed by atoms with Crippen LogP contribution in [-0.2, 0) is 21.2 Å². The van der Waals surface area contributed by atoms with Crippen LogP contribution in [0.15, 0.2) is 66.1 Å². The van der Waals surface area contributed by atoms with Gasteiger partial charge in [-0.05, 0) is 24.6 Å². The first kappa shape index (κ1) is 23.0. The summed E-state index contributed by atoms with van der Waals surface area (Å²) in [5.41, 5.74) is -0.0271. The Labute approximate surface area is 193 Å². The summed E-state index contributed by atoms with van der Waals surface area (Å²) in [6.45, 7) is 0.798. The van der Waals surface area contributed by atoms with E-state index in [1.54, 1.807) is 36.9 Å². The molecular weight excluding hydrogens is 470 g/mol. The van der Waals surface area contributed by atoms with E-state index in [1.165, 1.54) is 17.0 Å². The van der Waals surface area contributed by atoms with E-state index in [-0.39, 0.29) is 39.0 Å². The van der Waals surface area contributed by atoms with Crippen LogP contribution in [-0.4, -0.2) is 41.2 Å². The summed E-state index contributed by atoms with van der Waals surface area (Å²) in [6, 6.07) is 9.80. The van der Waals surface area contributed by atoms with Crippen molar-refractivity contribution in [1.82, 2.24) is 14.5 Å². The van der Waals surface area contributed by atoms with Crippen LogP contribution >= 0.6 is 11.3 Å². The van der Waals surface area contributed by atoms with Crippen molar-refractivity contribution < 1.29 is 22.0 Å². The zero-order valence-electron chi connectivity index (χ0n) is 17.4. The largest absolute Gasteiger partial charge is 0.337 e. The molecule has 4 rings (SSSR count). The van der Waals surface area contributed by atoms with Crippen molar-refractivity contribution in [3.8, 4) is 0 Å². The number of carbonyl (C=O) groups excluding carboxylic acids is 1. The number of thiazole rings is 1. The summed E-state index contributed by atoms with van der Waals surface area (Å²) in [4.78, 5) is 22.8. The fourth-order valence-corrected chi connectivity index (χ4v) is 5.62. The van der Waals surface area contributed by atoms with E-state index in [0.29, 0.717) is 13.0 Å². The third-order valence-corrected chi connectivity index (χ3v) is 7.74. The lowest BCUT2D eigenvalue weighted by Crippen LogP contribution is -2.33. The van der Waals surface area contributed by atoms with Crippen molar-refractivity contribution >= 4 is 42.4 Å². The number of aromatic nitrogens is 3. The molecule has 0 saturated carbocycles. The molecule has 0 saturated heterocycles. The quantitative estimate of drug-likeness (QED) is 0.353. The monoisotopic (exact) mass is 490 g/mol. The van der Waals surface area contributed by atoms with Crippen LogP contribution in [0.4, 0.5) is 13.9 Å². The molecule has 0 radical (unpaired) electrons. The summed E-state index contributed by atoms with van der Waals surface area (Å²) in [6.07, 6.45) is 5.33. The zero-order valence-corrected chi connectivity index (χ0v) is 19.0. The Morgan fingerprint density at radius 1 is 1.15 bits per heavy atom. The molecule has 4 aromatic rings. The molecule has 0 aliphatic carbocycles. The summed E-state index contributed by atoms with van der Waals surface area (Å²) in [5.74, 6) is -2.38. The van der Waals surface area contributed by atoms with Gasteiger partial charge in [-0.3, -0.25) is 9.69 Å². The minimum atomic E-state index is -3.65. The number of benzene rings is 2. The molecule has 2 heterocycles. The van der Waals surface area contributed by atoms with Crippen LogP contribution in [0, 0.1) is 11.6 Å².